The number of anilines is 3. The van der Waals surface area contributed by atoms with Crippen LogP contribution in [0.1, 0.15) is 11.3 Å². The Morgan fingerprint density at radius 2 is 1.93 bits per heavy atom. The summed E-state index contributed by atoms with van der Waals surface area (Å²) in [5, 5.41) is 6.96. The molecule has 1 fully saturated rings. The van der Waals surface area contributed by atoms with Gasteiger partial charge in [0, 0.05) is 42.5 Å². The van der Waals surface area contributed by atoms with Crippen molar-refractivity contribution in [1.29, 1.82) is 0 Å². The van der Waals surface area contributed by atoms with E-state index in [0.29, 0.717) is 35.1 Å². The Morgan fingerprint density at radius 1 is 1.07 bits per heavy atom. The van der Waals surface area contributed by atoms with Crippen LogP contribution in [0.4, 0.5) is 17.2 Å². The standard InChI is InChI=1S/C30H32N6O4/c1-4-29(37)35-26-16-24-25(17-28(26)39-14-11-36-9-12-38-13-10-36)32-19-33-30(24)34-22-6-8-27(20(2)15-22)40-23-7-5-21(3)31-18-23/h4-8,15-19H,1,9-14H2,2-3H3,(H,35,37)(H,32,33,34). The highest BCUT2D eigenvalue weighted by Crippen LogP contribution is 2.34. The Morgan fingerprint density at radius 3 is 2.67 bits per heavy atom. The average molecular weight is 541 g/mol. The molecule has 4 aromatic rings. The molecule has 5 rings (SSSR count). The Bertz CT molecular complexity index is 1500. The van der Waals surface area contributed by atoms with Gasteiger partial charge in [0.1, 0.15) is 36.0 Å². The molecule has 206 valence electrons. The fourth-order valence-corrected chi connectivity index (χ4v) is 4.31. The van der Waals surface area contributed by atoms with Crippen LogP contribution in [0.15, 0.2) is 67.6 Å². The number of fused-ring (bicyclic) bond motifs is 1. The SMILES string of the molecule is C=CC(=O)Nc1cc2c(Nc3ccc(Oc4ccc(C)nc4)c(C)c3)ncnc2cc1OCCN1CCOCC1. The summed E-state index contributed by atoms with van der Waals surface area (Å²) in [6.07, 6.45) is 4.43. The Labute approximate surface area is 233 Å². The van der Waals surface area contributed by atoms with Crippen LogP contribution in [-0.4, -0.2) is 65.2 Å². The van der Waals surface area contributed by atoms with Gasteiger partial charge >= 0.3 is 0 Å². The summed E-state index contributed by atoms with van der Waals surface area (Å²) in [7, 11) is 0. The van der Waals surface area contributed by atoms with E-state index >= 15 is 0 Å². The predicted octanol–water partition coefficient (Wildman–Crippen LogP) is 5.01. The average Bonchev–Trinajstić information content (AvgIpc) is 2.96. The number of rotatable bonds is 10. The molecular weight excluding hydrogens is 508 g/mol. The second-order valence-corrected chi connectivity index (χ2v) is 9.43. The highest BCUT2D eigenvalue weighted by atomic mass is 16.5. The first-order chi connectivity index (χ1) is 19.5. The highest BCUT2D eigenvalue weighted by molar-refractivity contribution is 6.03. The first-order valence-electron chi connectivity index (χ1n) is 13.1. The molecule has 10 nitrogen and oxygen atoms in total. The monoisotopic (exact) mass is 540 g/mol. The van der Waals surface area contributed by atoms with E-state index in [9.17, 15) is 4.79 Å². The van der Waals surface area contributed by atoms with Crippen molar-refractivity contribution in [1.82, 2.24) is 19.9 Å². The van der Waals surface area contributed by atoms with Crippen molar-refractivity contribution in [3.05, 3.63) is 78.9 Å². The molecule has 10 heteroatoms. The topological polar surface area (TPSA) is 111 Å². The third-order valence-electron chi connectivity index (χ3n) is 6.50. The number of hydrogen-bond acceptors (Lipinski definition) is 9. The second-order valence-electron chi connectivity index (χ2n) is 9.43. The minimum absolute atomic E-state index is 0.335. The summed E-state index contributed by atoms with van der Waals surface area (Å²) in [4.78, 5) is 27.7. The fraction of sp³-hybridized carbons (Fsp3) is 0.267. The van der Waals surface area contributed by atoms with Crippen LogP contribution in [-0.2, 0) is 9.53 Å². The zero-order chi connectivity index (χ0) is 27.9. The number of carbonyl (C=O) groups excluding carboxylic acids is 1. The first kappa shape index (κ1) is 27.0. The molecule has 0 saturated carbocycles. The number of morpholine rings is 1. The summed E-state index contributed by atoms with van der Waals surface area (Å²) >= 11 is 0. The van der Waals surface area contributed by atoms with Crippen molar-refractivity contribution < 1.29 is 19.0 Å². The second kappa shape index (κ2) is 12.5. The van der Waals surface area contributed by atoms with Gasteiger partial charge in [-0.05, 0) is 61.9 Å². The summed E-state index contributed by atoms with van der Waals surface area (Å²) < 4.78 is 17.5. The molecule has 0 unspecified atom stereocenters. The van der Waals surface area contributed by atoms with Crippen molar-refractivity contribution in [2.24, 2.45) is 0 Å². The Hall–Kier alpha value is -4.54. The summed E-state index contributed by atoms with van der Waals surface area (Å²) in [5.41, 5.74) is 3.90. The quantitative estimate of drug-likeness (QED) is 0.268. The van der Waals surface area contributed by atoms with Gasteiger partial charge in [-0.15, -0.1) is 0 Å². The van der Waals surface area contributed by atoms with Crippen molar-refractivity contribution in [2.45, 2.75) is 13.8 Å². The van der Waals surface area contributed by atoms with E-state index in [1.165, 1.54) is 12.4 Å². The summed E-state index contributed by atoms with van der Waals surface area (Å²) in [5.74, 6) is 2.20. The number of aromatic nitrogens is 3. The number of nitrogens with zero attached hydrogens (tertiary/aromatic N) is 4. The molecular formula is C30H32N6O4. The first-order valence-corrected chi connectivity index (χ1v) is 13.1. The molecule has 0 aliphatic carbocycles. The lowest BCUT2D eigenvalue weighted by molar-refractivity contribution is -0.111. The summed E-state index contributed by atoms with van der Waals surface area (Å²) in [6.45, 7) is 11.9. The van der Waals surface area contributed by atoms with Crippen molar-refractivity contribution in [3.8, 4) is 17.2 Å². The largest absolute Gasteiger partial charge is 0.490 e. The van der Waals surface area contributed by atoms with Crippen LogP contribution in [0.25, 0.3) is 10.9 Å². The van der Waals surface area contributed by atoms with Gasteiger partial charge in [-0.25, -0.2) is 9.97 Å². The van der Waals surface area contributed by atoms with Gasteiger partial charge in [0.2, 0.25) is 5.91 Å². The number of aryl methyl sites for hydroxylation is 2. The number of benzene rings is 2. The summed E-state index contributed by atoms with van der Waals surface area (Å²) in [6, 6.07) is 13.2. The van der Waals surface area contributed by atoms with E-state index in [0.717, 1.165) is 60.9 Å². The van der Waals surface area contributed by atoms with E-state index < -0.39 is 0 Å². The molecule has 0 spiro atoms. The van der Waals surface area contributed by atoms with Gasteiger partial charge in [-0.3, -0.25) is 14.7 Å². The number of carbonyl (C=O) groups is 1. The van der Waals surface area contributed by atoms with Crippen LogP contribution in [0.3, 0.4) is 0 Å². The van der Waals surface area contributed by atoms with Crippen LogP contribution in [0.2, 0.25) is 0 Å². The zero-order valence-corrected chi connectivity index (χ0v) is 22.6. The molecule has 3 heterocycles. The Kier molecular flexibility index (Phi) is 8.48. The van der Waals surface area contributed by atoms with E-state index in [4.69, 9.17) is 14.2 Å². The van der Waals surface area contributed by atoms with Crippen LogP contribution in [0, 0.1) is 13.8 Å². The molecule has 0 radical (unpaired) electrons. The minimum Gasteiger partial charge on any atom is -0.490 e. The molecule has 0 atom stereocenters. The van der Waals surface area contributed by atoms with E-state index in [1.807, 2.05) is 56.3 Å². The molecule has 1 aliphatic rings. The number of nitrogens with one attached hydrogen (secondary N) is 2. The van der Waals surface area contributed by atoms with Gasteiger partial charge in [0.25, 0.3) is 0 Å². The normalized spacial score (nSPS) is 13.6. The van der Waals surface area contributed by atoms with Gasteiger partial charge < -0.3 is 24.8 Å². The van der Waals surface area contributed by atoms with E-state index in [-0.39, 0.29) is 5.91 Å². The maximum absolute atomic E-state index is 12.2. The number of ether oxygens (including phenoxy) is 3. The molecule has 0 bridgehead atoms. The van der Waals surface area contributed by atoms with Crippen molar-refractivity contribution in [3.63, 3.8) is 0 Å². The Balaban J connectivity index is 1.37. The lowest BCUT2D eigenvalue weighted by Crippen LogP contribution is -2.38. The maximum atomic E-state index is 12.2. The third kappa shape index (κ3) is 6.71. The predicted molar refractivity (Wildman–Crippen MR) is 155 cm³/mol. The third-order valence-corrected chi connectivity index (χ3v) is 6.50. The molecule has 1 aliphatic heterocycles. The zero-order valence-electron chi connectivity index (χ0n) is 22.6. The molecule has 1 saturated heterocycles. The maximum Gasteiger partial charge on any atom is 0.247 e. The van der Waals surface area contributed by atoms with Crippen molar-refractivity contribution in [2.75, 3.05) is 50.1 Å². The molecule has 2 N–H and O–H groups in total. The molecule has 40 heavy (non-hydrogen) atoms. The van der Waals surface area contributed by atoms with Crippen molar-refractivity contribution >= 4 is 34.0 Å². The van der Waals surface area contributed by atoms with Crippen LogP contribution < -0.4 is 20.1 Å². The number of hydrogen-bond donors (Lipinski definition) is 2. The lowest BCUT2D eigenvalue weighted by atomic mass is 10.1. The van der Waals surface area contributed by atoms with Crippen LogP contribution in [0.5, 0.6) is 17.2 Å². The van der Waals surface area contributed by atoms with Gasteiger partial charge in [0.05, 0.1) is 30.6 Å². The van der Waals surface area contributed by atoms with Gasteiger partial charge in [0.15, 0.2) is 0 Å². The molecule has 2 aromatic carbocycles. The minimum atomic E-state index is -0.335. The molecule has 1 amide bonds. The number of pyridine rings is 1. The van der Waals surface area contributed by atoms with E-state index in [1.54, 1.807) is 6.20 Å². The van der Waals surface area contributed by atoms with Crippen LogP contribution >= 0.6 is 0 Å². The smallest absolute Gasteiger partial charge is 0.247 e. The lowest BCUT2D eigenvalue weighted by Gasteiger charge is -2.26. The van der Waals surface area contributed by atoms with E-state index in [2.05, 4.69) is 37.1 Å². The number of amides is 1. The van der Waals surface area contributed by atoms with Gasteiger partial charge in [-0.2, -0.15) is 0 Å². The highest BCUT2D eigenvalue weighted by Gasteiger charge is 2.15. The molecule has 2 aromatic heterocycles. The fourth-order valence-electron chi connectivity index (χ4n) is 4.31. The van der Waals surface area contributed by atoms with Gasteiger partial charge in [-0.1, -0.05) is 6.58 Å².